The van der Waals surface area contributed by atoms with E-state index in [2.05, 4.69) is 33.8 Å². The predicted octanol–water partition coefficient (Wildman–Crippen LogP) is 1.95. The molecule has 5 heterocycles. The number of hydrogen-bond donors (Lipinski definition) is 1. The van der Waals surface area contributed by atoms with Crippen LogP contribution < -0.4 is 15.0 Å². The minimum atomic E-state index is 0.390. The van der Waals surface area contributed by atoms with Crippen LogP contribution in [0.1, 0.15) is 12.0 Å². The van der Waals surface area contributed by atoms with E-state index < -0.39 is 0 Å². The van der Waals surface area contributed by atoms with Gasteiger partial charge in [0.1, 0.15) is 11.6 Å². The maximum absolute atomic E-state index is 5.71. The number of hydrogen-bond acceptors (Lipinski definition) is 7. The fraction of sp³-hybridized carbons (Fsp3) is 0.526. The molecule has 2 aromatic rings. The summed E-state index contributed by atoms with van der Waals surface area (Å²) in [6.07, 6.45) is 2.10. The molecule has 26 heavy (non-hydrogen) atoms. The molecule has 0 aliphatic carbocycles. The van der Waals surface area contributed by atoms with Gasteiger partial charge in [-0.15, -0.1) is 0 Å². The zero-order valence-corrected chi connectivity index (χ0v) is 15.4. The summed E-state index contributed by atoms with van der Waals surface area (Å²) in [5.74, 6) is 1.98. The third kappa shape index (κ3) is 2.14. The van der Waals surface area contributed by atoms with Gasteiger partial charge in [0.15, 0.2) is 5.13 Å². The number of thiazole rings is 1. The Morgan fingerprint density at radius 2 is 2.23 bits per heavy atom. The number of rotatable bonds is 2. The topological polar surface area (TPSA) is 49.9 Å². The van der Waals surface area contributed by atoms with Gasteiger partial charge in [0.05, 0.1) is 48.2 Å². The zero-order chi connectivity index (χ0) is 17.3. The summed E-state index contributed by atoms with van der Waals surface area (Å²) in [6.45, 7) is 8.99. The van der Waals surface area contributed by atoms with Crippen LogP contribution in [0.3, 0.4) is 0 Å². The van der Waals surface area contributed by atoms with Gasteiger partial charge in [-0.2, -0.15) is 0 Å². The first kappa shape index (κ1) is 15.2. The van der Waals surface area contributed by atoms with Crippen LogP contribution >= 0.6 is 11.3 Å². The normalized spacial score (nSPS) is 28.6. The van der Waals surface area contributed by atoms with Crippen LogP contribution in [-0.2, 0) is 11.2 Å². The molecule has 0 bridgehead atoms. The summed E-state index contributed by atoms with van der Waals surface area (Å²) in [6, 6.07) is 5.67. The molecule has 7 heteroatoms. The van der Waals surface area contributed by atoms with Gasteiger partial charge in [0, 0.05) is 25.1 Å². The van der Waals surface area contributed by atoms with Crippen molar-refractivity contribution in [2.45, 2.75) is 31.0 Å². The number of piperidine rings is 1. The van der Waals surface area contributed by atoms with E-state index in [0.717, 1.165) is 68.0 Å². The molecule has 2 atom stereocenters. The molecular formula is C19H22N4O2S. The highest BCUT2D eigenvalue weighted by atomic mass is 32.1. The predicted molar refractivity (Wildman–Crippen MR) is 102 cm³/mol. The van der Waals surface area contributed by atoms with Gasteiger partial charge in [-0.3, -0.25) is 9.80 Å². The highest BCUT2D eigenvalue weighted by molar-refractivity contribution is 7.22. The second-order valence-electron chi connectivity index (χ2n) is 7.59. The Balaban J connectivity index is 1.36. The number of fused-ring (bicyclic) bond motifs is 4. The van der Waals surface area contributed by atoms with E-state index in [1.54, 1.807) is 11.3 Å². The van der Waals surface area contributed by atoms with E-state index in [4.69, 9.17) is 14.5 Å². The molecule has 6 nitrogen and oxygen atoms in total. The molecular weight excluding hydrogens is 348 g/mol. The van der Waals surface area contributed by atoms with Crippen molar-refractivity contribution in [2.24, 2.45) is 0 Å². The first-order valence-corrected chi connectivity index (χ1v) is 10.2. The van der Waals surface area contributed by atoms with Crippen molar-refractivity contribution in [2.75, 3.05) is 37.8 Å². The molecule has 1 N–H and O–H groups in total. The summed E-state index contributed by atoms with van der Waals surface area (Å²) in [4.78, 5) is 9.95. The summed E-state index contributed by atoms with van der Waals surface area (Å²) >= 11 is 1.76. The number of anilines is 1. The highest BCUT2D eigenvalue weighted by Crippen LogP contribution is 2.41. The standard InChI is InChI=1S/C19H22N4O2S/c1-11-20-14-4-6-22(12-9-24-10-12)8-15(14)23(11)19-21-18-13-5-7-25-16(13)2-3-17(18)26-19/h2-3,12,14-15,20H,1,4-10H2. The van der Waals surface area contributed by atoms with Crippen LogP contribution in [0.2, 0.25) is 0 Å². The smallest absolute Gasteiger partial charge is 0.192 e. The van der Waals surface area contributed by atoms with Gasteiger partial charge in [0.25, 0.3) is 0 Å². The van der Waals surface area contributed by atoms with Gasteiger partial charge in [-0.1, -0.05) is 17.9 Å². The lowest BCUT2D eigenvalue weighted by Gasteiger charge is -2.44. The lowest BCUT2D eigenvalue weighted by atomic mass is 9.98. The van der Waals surface area contributed by atoms with Crippen molar-refractivity contribution in [3.63, 3.8) is 0 Å². The SMILES string of the molecule is C=C1NC2CCN(C3COC3)CC2N1c1nc2c3c(ccc2s1)OCC3. The van der Waals surface area contributed by atoms with E-state index in [1.165, 1.54) is 10.3 Å². The molecule has 1 aromatic carbocycles. The van der Waals surface area contributed by atoms with Gasteiger partial charge in [-0.25, -0.2) is 4.98 Å². The van der Waals surface area contributed by atoms with Gasteiger partial charge >= 0.3 is 0 Å². The van der Waals surface area contributed by atoms with Crippen LogP contribution in [0, 0.1) is 0 Å². The van der Waals surface area contributed by atoms with Crippen molar-refractivity contribution in [3.05, 3.63) is 30.1 Å². The first-order chi connectivity index (χ1) is 12.8. The summed E-state index contributed by atoms with van der Waals surface area (Å²) in [5.41, 5.74) is 2.37. The van der Waals surface area contributed by atoms with E-state index in [-0.39, 0.29) is 0 Å². The number of nitrogens with zero attached hydrogens (tertiary/aromatic N) is 3. The maximum Gasteiger partial charge on any atom is 0.192 e. The minimum absolute atomic E-state index is 0.390. The molecule has 4 aliphatic heterocycles. The summed E-state index contributed by atoms with van der Waals surface area (Å²) < 4.78 is 12.4. The average Bonchev–Trinajstić information content (AvgIpc) is 3.26. The third-order valence-electron chi connectivity index (χ3n) is 6.15. The Morgan fingerprint density at radius 3 is 3.08 bits per heavy atom. The van der Waals surface area contributed by atoms with Crippen LogP contribution in [0.25, 0.3) is 10.2 Å². The second kappa shape index (κ2) is 5.58. The molecule has 0 amide bonds. The van der Waals surface area contributed by atoms with Crippen LogP contribution in [-0.4, -0.2) is 60.9 Å². The quantitative estimate of drug-likeness (QED) is 0.872. The third-order valence-corrected chi connectivity index (χ3v) is 7.17. The molecule has 0 spiro atoms. The lowest BCUT2D eigenvalue weighted by Crippen LogP contribution is -2.59. The fourth-order valence-corrected chi connectivity index (χ4v) is 5.73. The largest absolute Gasteiger partial charge is 0.493 e. The average molecular weight is 370 g/mol. The Labute approximate surface area is 156 Å². The number of ether oxygens (including phenoxy) is 2. The minimum Gasteiger partial charge on any atom is -0.493 e. The Hall–Kier alpha value is -1.83. The van der Waals surface area contributed by atoms with Crippen molar-refractivity contribution < 1.29 is 9.47 Å². The molecule has 0 saturated carbocycles. The number of likely N-dealkylation sites (tertiary alicyclic amines) is 1. The molecule has 0 radical (unpaired) electrons. The maximum atomic E-state index is 5.71. The Kier molecular flexibility index (Phi) is 3.27. The zero-order valence-electron chi connectivity index (χ0n) is 14.6. The van der Waals surface area contributed by atoms with E-state index in [1.807, 2.05) is 0 Å². The highest BCUT2D eigenvalue weighted by Gasteiger charge is 2.44. The van der Waals surface area contributed by atoms with Crippen molar-refractivity contribution >= 4 is 26.7 Å². The van der Waals surface area contributed by atoms with Crippen molar-refractivity contribution in [3.8, 4) is 5.75 Å². The number of benzene rings is 1. The number of nitrogens with one attached hydrogen (secondary N) is 1. The molecule has 3 saturated heterocycles. The monoisotopic (exact) mass is 370 g/mol. The summed E-state index contributed by atoms with van der Waals surface area (Å²) in [5, 5.41) is 4.66. The van der Waals surface area contributed by atoms with Crippen LogP contribution in [0.5, 0.6) is 5.75 Å². The van der Waals surface area contributed by atoms with Crippen LogP contribution in [0.15, 0.2) is 24.5 Å². The van der Waals surface area contributed by atoms with Crippen molar-refractivity contribution in [1.82, 2.24) is 15.2 Å². The molecule has 1 aromatic heterocycles. The summed E-state index contributed by atoms with van der Waals surface area (Å²) in [7, 11) is 0. The van der Waals surface area contributed by atoms with E-state index in [9.17, 15) is 0 Å². The molecule has 136 valence electrons. The van der Waals surface area contributed by atoms with Crippen molar-refractivity contribution in [1.29, 1.82) is 0 Å². The van der Waals surface area contributed by atoms with Crippen LogP contribution in [0.4, 0.5) is 5.13 Å². The second-order valence-corrected chi connectivity index (χ2v) is 8.60. The molecule has 2 unspecified atom stereocenters. The van der Waals surface area contributed by atoms with Gasteiger partial charge in [-0.05, 0) is 18.6 Å². The fourth-order valence-electron chi connectivity index (χ4n) is 4.65. The van der Waals surface area contributed by atoms with Gasteiger partial charge < -0.3 is 14.8 Å². The molecule has 6 rings (SSSR count). The Bertz CT molecular complexity index is 893. The Morgan fingerprint density at radius 1 is 1.31 bits per heavy atom. The molecule has 4 aliphatic rings. The molecule has 3 fully saturated rings. The number of aromatic nitrogens is 1. The lowest BCUT2D eigenvalue weighted by molar-refractivity contribution is -0.0727. The van der Waals surface area contributed by atoms with Gasteiger partial charge in [0.2, 0.25) is 0 Å². The van der Waals surface area contributed by atoms with E-state index in [0.29, 0.717) is 18.1 Å². The first-order valence-electron chi connectivity index (χ1n) is 9.39. The van der Waals surface area contributed by atoms with E-state index >= 15 is 0 Å².